The van der Waals surface area contributed by atoms with Gasteiger partial charge in [0, 0.05) is 13.3 Å². The van der Waals surface area contributed by atoms with Gasteiger partial charge in [-0.3, -0.25) is 4.79 Å². The van der Waals surface area contributed by atoms with Crippen molar-refractivity contribution in [1.82, 2.24) is 0 Å². The summed E-state index contributed by atoms with van der Waals surface area (Å²) in [4.78, 5) is 21.2. The number of carbonyl (C=O) groups is 2. The number of unbranched alkanes of at least 4 members (excludes halogenated alkanes) is 1. The number of hydrogen-bond acceptors (Lipinski definition) is 3. The molecule has 1 aromatic rings. The van der Waals surface area contributed by atoms with Crippen LogP contribution in [0.15, 0.2) is 18.2 Å². The molecule has 0 radical (unpaired) electrons. The zero-order valence-electron chi connectivity index (χ0n) is 9.66. The molecule has 16 heavy (non-hydrogen) atoms. The number of hydrogen-bond donors (Lipinski definition) is 0. The van der Waals surface area contributed by atoms with Gasteiger partial charge in [-0.05, 0) is 30.9 Å². The van der Waals surface area contributed by atoms with Gasteiger partial charge in [0.25, 0.3) is 0 Å². The van der Waals surface area contributed by atoms with Crippen LogP contribution in [0.1, 0.15) is 30.9 Å². The van der Waals surface area contributed by atoms with Crippen molar-refractivity contribution in [2.45, 2.75) is 33.1 Å². The van der Waals surface area contributed by atoms with Gasteiger partial charge in [-0.1, -0.05) is 18.2 Å². The minimum Gasteiger partial charge on any atom is -0.426 e. The molecular weight excluding hydrogens is 204 g/mol. The lowest BCUT2D eigenvalue weighted by molar-refractivity contribution is -0.132. The molecule has 0 spiro atoms. The van der Waals surface area contributed by atoms with Crippen LogP contribution in [-0.2, 0) is 16.0 Å². The first kappa shape index (κ1) is 12.4. The van der Waals surface area contributed by atoms with E-state index >= 15 is 0 Å². The molecule has 0 aliphatic rings. The molecule has 1 aromatic carbocycles. The van der Waals surface area contributed by atoms with E-state index in [0.29, 0.717) is 12.2 Å². The number of para-hydroxylation sites is 1. The largest absolute Gasteiger partial charge is 0.426 e. The summed E-state index contributed by atoms with van der Waals surface area (Å²) in [5, 5.41) is 0. The highest BCUT2D eigenvalue weighted by Gasteiger charge is 2.08. The van der Waals surface area contributed by atoms with E-state index in [1.54, 1.807) is 0 Å². The van der Waals surface area contributed by atoms with Gasteiger partial charge >= 0.3 is 5.97 Å². The molecule has 0 N–H and O–H groups in total. The normalized spacial score (nSPS) is 9.88. The van der Waals surface area contributed by atoms with Crippen molar-refractivity contribution < 1.29 is 14.3 Å². The van der Waals surface area contributed by atoms with Crippen molar-refractivity contribution in [3.8, 4) is 5.75 Å². The van der Waals surface area contributed by atoms with Crippen LogP contribution in [0.4, 0.5) is 0 Å². The highest BCUT2D eigenvalue weighted by atomic mass is 16.5. The summed E-state index contributed by atoms with van der Waals surface area (Å²) in [6.07, 6.45) is 2.97. The second-order valence-corrected chi connectivity index (χ2v) is 3.72. The molecule has 0 saturated heterocycles. The maximum atomic E-state index is 11.0. The molecule has 86 valence electrons. The van der Waals surface area contributed by atoms with Crippen LogP contribution < -0.4 is 4.74 Å². The van der Waals surface area contributed by atoms with Crippen LogP contribution in [0.5, 0.6) is 5.75 Å². The van der Waals surface area contributed by atoms with Crippen LogP contribution in [0.3, 0.4) is 0 Å². The van der Waals surface area contributed by atoms with E-state index in [4.69, 9.17) is 4.74 Å². The molecule has 0 unspecified atom stereocenters. The smallest absolute Gasteiger partial charge is 0.308 e. The molecule has 0 aliphatic carbocycles. The summed E-state index contributed by atoms with van der Waals surface area (Å²) in [5.41, 5.74) is 1.93. The fourth-order valence-electron chi connectivity index (χ4n) is 1.58. The minimum absolute atomic E-state index is 0.314. The standard InChI is InChI=1S/C13H16O3/c1-10-6-5-8-12(7-3-4-9-14)13(10)16-11(2)15/h5-6,8-9H,3-4,7H2,1-2H3. The lowest BCUT2D eigenvalue weighted by Crippen LogP contribution is -2.05. The van der Waals surface area contributed by atoms with E-state index in [9.17, 15) is 9.59 Å². The Morgan fingerprint density at radius 3 is 2.81 bits per heavy atom. The first-order chi connectivity index (χ1) is 7.65. The molecular formula is C13H16O3. The van der Waals surface area contributed by atoms with E-state index in [2.05, 4.69) is 0 Å². The lowest BCUT2D eigenvalue weighted by Gasteiger charge is -2.11. The molecule has 0 fully saturated rings. The monoisotopic (exact) mass is 220 g/mol. The summed E-state index contributed by atoms with van der Waals surface area (Å²) in [6, 6.07) is 5.76. The third kappa shape index (κ3) is 3.50. The highest BCUT2D eigenvalue weighted by molar-refractivity contribution is 5.70. The van der Waals surface area contributed by atoms with Gasteiger partial charge in [0.15, 0.2) is 0 Å². The van der Waals surface area contributed by atoms with E-state index < -0.39 is 0 Å². The first-order valence-electron chi connectivity index (χ1n) is 5.35. The summed E-state index contributed by atoms with van der Waals surface area (Å²) in [6.45, 7) is 3.29. The molecule has 3 nitrogen and oxygen atoms in total. The Bertz CT molecular complexity index is 383. The summed E-state index contributed by atoms with van der Waals surface area (Å²) in [5.74, 6) is 0.326. The maximum Gasteiger partial charge on any atom is 0.308 e. The molecule has 0 aromatic heterocycles. The lowest BCUT2D eigenvalue weighted by atomic mass is 10.0. The molecule has 0 bridgehead atoms. The molecule has 0 saturated carbocycles. The number of esters is 1. The number of aldehydes is 1. The Hall–Kier alpha value is -1.64. The van der Waals surface area contributed by atoms with Crippen LogP contribution in [0.25, 0.3) is 0 Å². The van der Waals surface area contributed by atoms with Crippen LogP contribution in [-0.4, -0.2) is 12.3 Å². The van der Waals surface area contributed by atoms with Gasteiger partial charge in [0.05, 0.1) is 0 Å². The zero-order valence-corrected chi connectivity index (χ0v) is 9.66. The Labute approximate surface area is 95.4 Å². The van der Waals surface area contributed by atoms with Crippen molar-refractivity contribution in [2.75, 3.05) is 0 Å². The minimum atomic E-state index is -0.314. The van der Waals surface area contributed by atoms with E-state index in [1.807, 2.05) is 25.1 Å². The quantitative estimate of drug-likeness (QED) is 0.331. The van der Waals surface area contributed by atoms with Gasteiger partial charge in [-0.25, -0.2) is 0 Å². The van der Waals surface area contributed by atoms with Crippen LogP contribution in [0, 0.1) is 6.92 Å². The fourth-order valence-corrected chi connectivity index (χ4v) is 1.58. The fraction of sp³-hybridized carbons (Fsp3) is 0.385. The van der Waals surface area contributed by atoms with Crippen LogP contribution >= 0.6 is 0 Å². The number of aryl methyl sites for hydroxylation is 2. The third-order valence-corrected chi connectivity index (χ3v) is 2.31. The van der Waals surface area contributed by atoms with E-state index in [-0.39, 0.29) is 5.97 Å². The molecule has 3 heteroatoms. The summed E-state index contributed by atoms with van der Waals surface area (Å²) in [7, 11) is 0. The van der Waals surface area contributed by atoms with Crippen molar-refractivity contribution in [3.05, 3.63) is 29.3 Å². The van der Waals surface area contributed by atoms with Gasteiger partial charge in [0.1, 0.15) is 12.0 Å². The predicted molar refractivity (Wildman–Crippen MR) is 61.5 cm³/mol. The first-order valence-corrected chi connectivity index (χ1v) is 5.35. The molecule has 0 heterocycles. The average Bonchev–Trinajstić information content (AvgIpc) is 2.23. The van der Waals surface area contributed by atoms with Gasteiger partial charge in [-0.15, -0.1) is 0 Å². The SMILES string of the molecule is CC(=O)Oc1c(C)cccc1CCCC=O. The Kier molecular flexibility index (Phi) is 4.70. The third-order valence-electron chi connectivity index (χ3n) is 2.31. The summed E-state index contributed by atoms with van der Waals surface area (Å²) >= 11 is 0. The molecule has 1 rings (SSSR count). The average molecular weight is 220 g/mol. The second kappa shape index (κ2) is 6.05. The molecule has 0 atom stereocenters. The Balaban J connectivity index is 2.84. The highest BCUT2D eigenvalue weighted by Crippen LogP contribution is 2.25. The van der Waals surface area contributed by atoms with E-state index in [1.165, 1.54) is 6.92 Å². The maximum absolute atomic E-state index is 11.0. The van der Waals surface area contributed by atoms with Gasteiger partial charge in [0.2, 0.25) is 0 Å². The predicted octanol–water partition coefficient (Wildman–Crippen LogP) is 2.44. The number of benzene rings is 1. The topological polar surface area (TPSA) is 43.4 Å². The number of rotatable bonds is 5. The molecule has 0 aliphatic heterocycles. The van der Waals surface area contributed by atoms with Crippen LogP contribution in [0.2, 0.25) is 0 Å². The van der Waals surface area contributed by atoms with Crippen molar-refractivity contribution in [3.63, 3.8) is 0 Å². The second-order valence-electron chi connectivity index (χ2n) is 3.72. The number of ether oxygens (including phenoxy) is 1. The van der Waals surface area contributed by atoms with Gasteiger partial charge < -0.3 is 9.53 Å². The van der Waals surface area contributed by atoms with Crippen molar-refractivity contribution in [1.29, 1.82) is 0 Å². The molecule has 0 amide bonds. The van der Waals surface area contributed by atoms with Gasteiger partial charge in [-0.2, -0.15) is 0 Å². The zero-order chi connectivity index (χ0) is 12.0. The van der Waals surface area contributed by atoms with Crippen molar-refractivity contribution >= 4 is 12.3 Å². The van der Waals surface area contributed by atoms with Crippen molar-refractivity contribution in [2.24, 2.45) is 0 Å². The van der Waals surface area contributed by atoms with E-state index in [0.717, 1.165) is 30.3 Å². The Morgan fingerprint density at radius 1 is 1.44 bits per heavy atom. The Morgan fingerprint density at radius 2 is 2.19 bits per heavy atom. The summed E-state index contributed by atoms with van der Waals surface area (Å²) < 4.78 is 5.18. The number of carbonyl (C=O) groups excluding carboxylic acids is 2.